The van der Waals surface area contributed by atoms with E-state index in [0.29, 0.717) is 0 Å². The third-order valence-corrected chi connectivity index (χ3v) is 2.40. The first kappa shape index (κ1) is 8.71. The maximum atomic E-state index is 11.8. The molecule has 0 unspecified atom stereocenters. The molecule has 0 saturated heterocycles. The maximum absolute atomic E-state index is 11.8. The number of benzene rings is 1. The zero-order valence-corrected chi connectivity index (χ0v) is 8.65. The summed E-state index contributed by atoms with van der Waals surface area (Å²) < 4.78 is 24.7. The molecule has 0 atom stereocenters. The van der Waals surface area contributed by atoms with Crippen LogP contribution in [0.15, 0.2) is 34.4 Å². The molecule has 0 aromatic heterocycles. The molecule has 0 heterocycles. The second-order valence-corrected chi connectivity index (χ2v) is 4.64. The third kappa shape index (κ3) is 3.51. The monoisotopic (exact) mass is 261 g/mol. The van der Waals surface area contributed by atoms with Crippen molar-refractivity contribution in [3.8, 4) is 0 Å². The van der Waals surface area contributed by atoms with Gasteiger partial charge in [-0.25, -0.2) is 0 Å². The molecule has 1 rings (SSSR count). The van der Waals surface area contributed by atoms with E-state index in [1.54, 1.807) is 0 Å². The molecule has 11 heavy (non-hydrogen) atoms. The Morgan fingerprint density at radius 1 is 1.09 bits per heavy atom. The minimum absolute atomic E-state index is 0.848. The van der Waals surface area contributed by atoms with Gasteiger partial charge in [0.05, 0.1) is 0 Å². The molecular weight excluding hydrogens is 253 g/mol. The van der Waals surface area contributed by atoms with Crippen LogP contribution in [-0.4, -0.2) is 20.9 Å². The number of halogens is 2. The Hall–Kier alpha value is -0.381. The fraction of sp³-hybridized carbons (Fsp3) is 0. The van der Waals surface area contributed by atoms with Gasteiger partial charge >= 0.3 is 72.7 Å². The zero-order valence-electron chi connectivity index (χ0n) is 5.80. The summed E-state index contributed by atoms with van der Waals surface area (Å²) in [4.78, 5) is 0. The molecular formula is C8H7F2Sn+. The van der Waals surface area contributed by atoms with Crippen molar-refractivity contribution in [3.05, 3.63) is 40.0 Å². The second kappa shape index (κ2) is 4.49. The molecule has 0 spiro atoms. The van der Waals surface area contributed by atoms with Crippen LogP contribution in [0.5, 0.6) is 0 Å². The standard InChI is InChI=1S/C8H7.2FH.Sn/c1-2-8-6-4-3-5-7-8;;;/h1-7H;2*1H;/q;;;+3/p-2. The summed E-state index contributed by atoms with van der Waals surface area (Å²) in [6.45, 7) is 0. The van der Waals surface area contributed by atoms with Crippen molar-refractivity contribution in [3.63, 3.8) is 0 Å². The molecule has 0 fully saturated rings. The van der Waals surface area contributed by atoms with E-state index in [9.17, 15) is 5.73 Å². The Morgan fingerprint density at radius 3 is 2.27 bits per heavy atom. The van der Waals surface area contributed by atoms with Crippen molar-refractivity contribution in [2.45, 2.75) is 0 Å². The van der Waals surface area contributed by atoms with Crippen LogP contribution in [0, 0.1) is 0 Å². The second-order valence-electron chi connectivity index (χ2n) is 2.03. The van der Waals surface area contributed by atoms with Crippen LogP contribution in [0.1, 0.15) is 5.56 Å². The fourth-order valence-electron chi connectivity index (χ4n) is 0.723. The first-order valence-electron chi connectivity index (χ1n) is 3.20. The van der Waals surface area contributed by atoms with E-state index in [1.807, 2.05) is 30.3 Å². The van der Waals surface area contributed by atoms with Gasteiger partial charge < -0.3 is 0 Å². The number of hydrogen-bond donors (Lipinski definition) is 0. The molecule has 0 amide bonds. The van der Waals surface area contributed by atoms with Crippen LogP contribution in [0.4, 0.5) is 5.73 Å². The van der Waals surface area contributed by atoms with E-state index in [0.717, 1.165) is 9.66 Å². The molecule has 0 aliphatic heterocycles. The number of rotatable bonds is 2. The summed E-state index contributed by atoms with van der Waals surface area (Å²) in [5.74, 6) is 0. The van der Waals surface area contributed by atoms with Crippen molar-refractivity contribution in [2.75, 3.05) is 0 Å². The molecule has 1 aromatic carbocycles. The Labute approximate surface area is 72.8 Å². The van der Waals surface area contributed by atoms with Crippen molar-refractivity contribution in [1.82, 2.24) is 0 Å². The van der Waals surface area contributed by atoms with Crippen LogP contribution in [-0.2, 0) is 0 Å². The molecule has 0 aliphatic rings. The third-order valence-electron chi connectivity index (χ3n) is 1.20. The van der Waals surface area contributed by atoms with Crippen LogP contribution in [0.25, 0.3) is 6.08 Å². The van der Waals surface area contributed by atoms with Gasteiger partial charge in [-0.15, -0.1) is 0 Å². The Morgan fingerprint density at radius 2 is 1.73 bits per heavy atom. The quantitative estimate of drug-likeness (QED) is 0.717. The van der Waals surface area contributed by atoms with Crippen molar-refractivity contribution in [1.29, 1.82) is 0 Å². The molecule has 3 heteroatoms. The van der Waals surface area contributed by atoms with Crippen LogP contribution < -0.4 is 0 Å². The SMILES string of the molecule is [F][Sn+]([F])/[CH]=C/c1ccccc1. The molecule has 56 valence electrons. The predicted molar refractivity (Wildman–Crippen MR) is 43.4 cm³/mol. The molecule has 0 aliphatic carbocycles. The van der Waals surface area contributed by atoms with E-state index in [2.05, 4.69) is 0 Å². The van der Waals surface area contributed by atoms with E-state index in [-0.39, 0.29) is 0 Å². The van der Waals surface area contributed by atoms with E-state index in [4.69, 9.17) is 0 Å². The van der Waals surface area contributed by atoms with Crippen LogP contribution in [0.3, 0.4) is 0 Å². The Kier molecular flexibility index (Phi) is 3.55. The summed E-state index contributed by atoms with van der Waals surface area (Å²) in [5, 5.41) is 0. The topological polar surface area (TPSA) is 0 Å². The first-order valence-corrected chi connectivity index (χ1v) is 7.00. The summed E-state index contributed by atoms with van der Waals surface area (Å²) in [6.07, 6.45) is 1.49. The molecule has 0 bridgehead atoms. The summed E-state index contributed by atoms with van der Waals surface area (Å²) in [7, 11) is 0. The van der Waals surface area contributed by atoms with Gasteiger partial charge in [-0.3, -0.25) is 0 Å². The first-order chi connectivity index (χ1) is 5.29. The fourth-order valence-corrected chi connectivity index (χ4v) is 1.63. The molecule has 1 aromatic rings. The van der Waals surface area contributed by atoms with Gasteiger partial charge in [0.25, 0.3) is 0 Å². The normalized spacial score (nSPS) is 10.4. The van der Waals surface area contributed by atoms with Crippen molar-refractivity contribution in [2.24, 2.45) is 0 Å². The van der Waals surface area contributed by atoms with Gasteiger partial charge in [0, 0.05) is 0 Å². The van der Waals surface area contributed by atoms with Crippen molar-refractivity contribution < 1.29 is 5.73 Å². The average molecular weight is 260 g/mol. The van der Waals surface area contributed by atoms with Crippen LogP contribution >= 0.6 is 0 Å². The molecule has 0 radical (unpaired) electrons. The summed E-state index contributed by atoms with van der Waals surface area (Å²) in [6, 6.07) is 9.14. The minimum atomic E-state index is -4.00. The Bertz CT molecular complexity index is 231. The van der Waals surface area contributed by atoms with E-state index >= 15 is 0 Å². The van der Waals surface area contributed by atoms with Gasteiger partial charge in [-0.05, 0) is 0 Å². The van der Waals surface area contributed by atoms with E-state index < -0.39 is 20.9 Å². The Balaban J connectivity index is 2.65. The van der Waals surface area contributed by atoms with Gasteiger partial charge in [-0.2, -0.15) is 0 Å². The van der Waals surface area contributed by atoms with Crippen LogP contribution in [0.2, 0.25) is 0 Å². The molecule has 0 N–H and O–H groups in total. The van der Waals surface area contributed by atoms with Gasteiger partial charge in [0.2, 0.25) is 0 Å². The summed E-state index contributed by atoms with van der Waals surface area (Å²) in [5.41, 5.74) is 0.848. The van der Waals surface area contributed by atoms with Gasteiger partial charge in [-0.1, -0.05) is 0 Å². The molecule has 0 nitrogen and oxygen atoms in total. The van der Waals surface area contributed by atoms with E-state index in [1.165, 1.54) is 6.08 Å². The zero-order chi connectivity index (χ0) is 8.10. The predicted octanol–water partition coefficient (Wildman–Crippen LogP) is 2.67. The number of hydrogen-bond acceptors (Lipinski definition) is 0. The van der Waals surface area contributed by atoms with Gasteiger partial charge in [0.15, 0.2) is 0 Å². The van der Waals surface area contributed by atoms with Gasteiger partial charge in [0.1, 0.15) is 0 Å². The molecule has 0 saturated carbocycles. The summed E-state index contributed by atoms with van der Waals surface area (Å²) >= 11 is -4.00. The van der Waals surface area contributed by atoms with Crippen molar-refractivity contribution >= 4 is 27.0 Å². The average Bonchev–Trinajstić information content (AvgIpc) is 2.03.